The van der Waals surface area contributed by atoms with Crippen molar-refractivity contribution >= 4 is 0 Å². The number of hydrogen-bond donors (Lipinski definition) is 1. The summed E-state index contributed by atoms with van der Waals surface area (Å²) in [5.74, 6) is 0. The zero-order valence-corrected chi connectivity index (χ0v) is 6.25. The minimum Gasteiger partial charge on any atom is -0.412 e. The molecule has 1 N–H and O–H groups in total. The van der Waals surface area contributed by atoms with E-state index in [1.165, 1.54) is 6.20 Å². The molecule has 60 valence electrons. The summed E-state index contributed by atoms with van der Waals surface area (Å²) in [6.07, 6.45) is 4.87. The van der Waals surface area contributed by atoms with Gasteiger partial charge in [0.1, 0.15) is 0 Å². The number of pyridine rings is 1. The van der Waals surface area contributed by atoms with Crippen molar-refractivity contribution in [3.8, 4) is 11.3 Å². The second kappa shape index (κ2) is 2.65. The van der Waals surface area contributed by atoms with Crippen LogP contribution in [0.2, 0.25) is 0 Å². The maximum absolute atomic E-state index is 8.90. The topological polar surface area (TPSA) is 50.9 Å². The molecule has 4 heteroatoms. The molecule has 2 rings (SSSR count). The average molecular weight is 161 g/mol. The van der Waals surface area contributed by atoms with Gasteiger partial charge in [-0.15, -0.1) is 9.94 Å². The van der Waals surface area contributed by atoms with E-state index in [2.05, 4.69) is 10.1 Å². The molecule has 2 heterocycles. The Hall–Kier alpha value is -1.84. The van der Waals surface area contributed by atoms with Crippen molar-refractivity contribution in [2.45, 2.75) is 0 Å². The molecule has 12 heavy (non-hydrogen) atoms. The van der Waals surface area contributed by atoms with E-state index in [1.54, 1.807) is 18.5 Å². The number of hydrogen-bond acceptors (Lipinski definition) is 3. The van der Waals surface area contributed by atoms with Gasteiger partial charge >= 0.3 is 0 Å². The van der Waals surface area contributed by atoms with Gasteiger partial charge in [-0.05, 0) is 18.2 Å². The first kappa shape index (κ1) is 6.84. The Labute approximate surface area is 69.1 Å². The van der Waals surface area contributed by atoms with Crippen molar-refractivity contribution in [3.05, 3.63) is 36.8 Å². The Balaban J connectivity index is 2.45. The molecule has 2 aromatic heterocycles. The van der Waals surface area contributed by atoms with E-state index in [-0.39, 0.29) is 0 Å². The second-order valence-electron chi connectivity index (χ2n) is 2.36. The van der Waals surface area contributed by atoms with Crippen LogP contribution in [0.15, 0.2) is 36.8 Å². The molecule has 0 fully saturated rings. The van der Waals surface area contributed by atoms with Crippen LogP contribution >= 0.6 is 0 Å². The van der Waals surface area contributed by atoms with Crippen LogP contribution in [0.3, 0.4) is 0 Å². The van der Waals surface area contributed by atoms with E-state index in [9.17, 15) is 0 Å². The van der Waals surface area contributed by atoms with Crippen molar-refractivity contribution in [3.63, 3.8) is 0 Å². The van der Waals surface area contributed by atoms with Crippen LogP contribution in [0.1, 0.15) is 0 Å². The molecule has 0 amide bonds. The van der Waals surface area contributed by atoms with E-state index in [1.807, 2.05) is 12.1 Å². The molecule has 0 radical (unpaired) electrons. The Morgan fingerprint density at radius 2 is 2.25 bits per heavy atom. The first-order chi connectivity index (χ1) is 5.86. The molecule has 0 atom stereocenters. The van der Waals surface area contributed by atoms with E-state index in [0.29, 0.717) is 5.69 Å². The lowest BCUT2D eigenvalue weighted by Gasteiger charge is -1.92. The van der Waals surface area contributed by atoms with Crippen LogP contribution in [0.4, 0.5) is 0 Å². The van der Waals surface area contributed by atoms with E-state index < -0.39 is 0 Å². The van der Waals surface area contributed by atoms with Crippen molar-refractivity contribution in [2.24, 2.45) is 0 Å². The molecule has 0 spiro atoms. The van der Waals surface area contributed by atoms with Crippen molar-refractivity contribution in [1.82, 2.24) is 14.9 Å². The van der Waals surface area contributed by atoms with Gasteiger partial charge in [0.15, 0.2) is 0 Å². The van der Waals surface area contributed by atoms with Crippen LogP contribution in [0, 0.1) is 0 Å². The molecule has 0 unspecified atom stereocenters. The van der Waals surface area contributed by atoms with E-state index in [4.69, 9.17) is 5.21 Å². The van der Waals surface area contributed by atoms with Gasteiger partial charge in [0.2, 0.25) is 0 Å². The third kappa shape index (κ3) is 1.14. The van der Waals surface area contributed by atoms with Gasteiger partial charge in [-0.25, -0.2) is 0 Å². The van der Waals surface area contributed by atoms with Gasteiger partial charge in [0, 0.05) is 18.0 Å². The molecule has 0 saturated heterocycles. The van der Waals surface area contributed by atoms with Crippen LogP contribution < -0.4 is 0 Å². The zero-order chi connectivity index (χ0) is 8.39. The molecule has 0 saturated carbocycles. The van der Waals surface area contributed by atoms with Crippen LogP contribution in [-0.4, -0.2) is 20.1 Å². The summed E-state index contributed by atoms with van der Waals surface area (Å²) in [7, 11) is 0. The second-order valence-corrected chi connectivity index (χ2v) is 2.36. The first-order valence-electron chi connectivity index (χ1n) is 3.51. The summed E-state index contributed by atoms with van der Waals surface area (Å²) >= 11 is 0. The van der Waals surface area contributed by atoms with Gasteiger partial charge in [0.25, 0.3) is 0 Å². The largest absolute Gasteiger partial charge is 0.412 e. The average Bonchev–Trinajstić information content (AvgIpc) is 2.54. The van der Waals surface area contributed by atoms with E-state index >= 15 is 0 Å². The fraction of sp³-hybridized carbons (Fsp3) is 0. The maximum Gasteiger partial charge on any atom is 0.0974 e. The predicted molar refractivity (Wildman–Crippen MR) is 42.6 cm³/mol. The molecule has 0 aliphatic heterocycles. The lowest BCUT2D eigenvalue weighted by molar-refractivity contribution is 0.149. The Kier molecular flexibility index (Phi) is 1.51. The molecular weight excluding hydrogens is 154 g/mol. The van der Waals surface area contributed by atoms with Gasteiger partial charge in [0.05, 0.1) is 11.9 Å². The Bertz CT molecular complexity index is 369. The summed E-state index contributed by atoms with van der Waals surface area (Å²) in [5, 5.41) is 12.7. The monoisotopic (exact) mass is 161 g/mol. The summed E-state index contributed by atoms with van der Waals surface area (Å²) in [5.41, 5.74) is 1.61. The standard InChI is InChI=1S/C8H7N3O/c12-11-5-3-8(10-11)7-2-1-4-9-6-7/h1-6,12H. The Morgan fingerprint density at radius 1 is 1.33 bits per heavy atom. The van der Waals surface area contributed by atoms with Gasteiger partial charge in [-0.2, -0.15) is 0 Å². The summed E-state index contributed by atoms with van der Waals surface area (Å²) in [4.78, 5) is 4.72. The van der Waals surface area contributed by atoms with Gasteiger partial charge in [-0.1, -0.05) is 0 Å². The van der Waals surface area contributed by atoms with Crippen LogP contribution in [0.25, 0.3) is 11.3 Å². The summed E-state index contributed by atoms with van der Waals surface area (Å²) < 4.78 is 0. The number of aromatic nitrogens is 3. The maximum atomic E-state index is 8.90. The molecule has 2 aromatic rings. The van der Waals surface area contributed by atoms with Crippen LogP contribution in [0.5, 0.6) is 0 Å². The SMILES string of the molecule is On1ccc(-c2cccnc2)n1. The quantitative estimate of drug-likeness (QED) is 0.639. The lowest BCUT2D eigenvalue weighted by Crippen LogP contribution is -1.89. The third-order valence-corrected chi connectivity index (χ3v) is 1.53. The fourth-order valence-corrected chi connectivity index (χ4v) is 0.983. The highest BCUT2D eigenvalue weighted by atomic mass is 16.5. The molecule has 0 aliphatic rings. The number of nitrogens with zero attached hydrogens (tertiary/aromatic N) is 3. The molecule has 0 aromatic carbocycles. The first-order valence-corrected chi connectivity index (χ1v) is 3.51. The molecule has 4 nitrogen and oxygen atoms in total. The normalized spacial score (nSPS) is 10.0. The Morgan fingerprint density at radius 3 is 2.83 bits per heavy atom. The molecular formula is C8H7N3O. The fourth-order valence-electron chi connectivity index (χ4n) is 0.983. The highest BCUT2D eigenvalue weighted by Gasteiger charge is 1.99. The molecule has 0 aliphatic carbocycles. The van der Waals surface area contributed by atoms with E-state index in [0.717, 1.165) is 10.4 Å². The summed E-state index contributed by atoms with van der Waals surface area (Å²) in [6.45, 7) is 0. The van der Waals surface area contributed by atoms with Crippen molar-refractivity contribution < 1.29 is 5.21 Å². The van der Waals surface area contributed by atoms with Crippen molar-refractivity contribution in [2.75, 3.05) is 0 Å². The van der Waals surface area contributed by atoms with Crippen molar-refractivity contribution in [1.29, 1.82) is 0 Å². The third-order valence-electron chi connectivity index (χ3n) is 1.53. The highest BCUT2D eigenvalue weighted by molar-refractivity contribution is 5.56. The highest BCUT2D eigenvalue weighted by Crippen LogP contribution is 2.13. The lowest BCUT2D eigenvalue weighted by atomic mass is 10.2. The van der Waals surface area contributed by atoms with Crippen LogP contribution in [-0.2, 0) is 0 Å². The predicted octanol–water partition coefficient (Wildman–Crippen LogP) is 1.18. The van der Waals surface area contributed by atoms with Gasteiger partial charge in [-0.3, -0.25) is 4.98 Å². The minimum atomic E-state index is 0.714. The number of rotatable bonds is 1. The minimum absolute atomic E-state index is 0.714. The summed E-state index contributed by atoms with van der Waals surface area (Å²) in [6, 6.07) is 5.43. The zero-order valence-electron chi connectivity index (χ0n) is 6.25. The van der Waals surface area contributed by atoms with Gasteiger partial charge < -0.3 is 5.21 Å². The smallest absolute Gasteiger partial charge is 0.0974 e. The molecule has 0 bridgehead atoms.